The fraction of sp³-hybridized carbons (Fsp3) is 0.0435. The van der Waals surface area contributed by atoms with E-state index >= 15 is 0 Å². The molecule has 0 spiro atoms. The average Bonchev–Trinajstić information content (AvgIpc) is 2.82. The zero-order valence-electron chi connectivity index (χ0n) is 18.0. The van der Waals surface area contributed by atoms with Gasteiger partial charge >= 0.3 is 18.2 Å². The summed E-state index contributed by atoms with van der Waals surface area (Å²) in [5, 5.41) is 5.05. The molecule has 0 aliphatic rings. The van der Waals surface area contributed by atoms with Gasteiger partial charge < -0.3 is 21.1 Å². The predicted octanol–water partition coefficient (Wildman–Crippen LogP) is 6.37. The molecular weight excluding hydrogens is 504 g/mol. The number of nitrogens with two attached hydrogens (primary N) is 1. The largest absolute Gasteiger partial charge is 0.424 e. The van der Waals surface area contributed by atoms with E-state index in [4.69, 9.17) is 22.1 Å². The SMILES string of the molecule is Nc1ncc(Cl)cc1-c1ccc(Oc2ncc(NC(=O)Nc3ccc(C(F)(F)F)c(F)c3)cn2)cc1. The molecule has 4 rings (SSSR count). The van der Waals surface area contributed by atoms with E-state index in [-0.39, 0.29) is 17.4 Å². The van der Waals surface area contributed by atoms with Crippen molar-refractivity contribution in [3.8, 4) is 22.9 Å². The number of amides is 2. The molecule has 2 aromatic heterocycles. The van der Waals surface area contributed by atoms with Crippen molar-refractivity contribution in [2.75, 3.05) is 16.4 Å². The lowest BCUT2D eigenvalue weighted by Crippen LogP contribution is -2.20. The summed E-state index contributed by atoms with van der Waals surface area (Å²) >= 11 is 5.97. The third kappa shape index (κ3) is 5.96. The topological polar surface area (TPSA) is 115 Å². The second-order valence-electron chi connectivity index (χ2n) is 7.24. The Kier molecular flexibility index (Phi) is 6.88. The molecule has 0 aliphatic heterocycles. The fourth-order valence-electron chi connectivity index (χ4n) is 3.04. The van der Waals surface area contributed by atoms with Crippen molar-refractivity contribution in [2.24, 2.45) is 0 Å². The van der Waals surface area contributed by atoms with Gasteiger partial charge in [0.2, 0.25) is 0 Å². The maximum absolute atomic E-state index is 13.6. The summed E-state index contributed by atoms with van der Waals surface area (Å²) in [7, 11) is 0. The van der Waals surface area contributed by atoms with Crippen LogP contribution in [0.25, 0.3) is 11.1 Å². The first-order valence-corrected chi connectivity index (χ1v) is 10.4. The quantitative estimate of drug-likeness (QED) is 0.264. The summed E-state index contributed by atoms with van der Waals surface area (Å²) in [5.74, 6) is -0.757. The Hall–Kier alpha value is -4.45. The summed E-state index contributed by atoms with van der Waals surface area (Å²) in [6, 6.07) is 9.72. The third-order valence-electron chi connectivity index (χ3n) is 4.68. The van der Waals surface area contributed by atoms with Crippen molar-refractivity contribution in [2.45, 2.75) is 6.18 Å². The van der Waals surface area contributed by atoms with Gasteiger partial charge in [0.25, 0.3) is 0 Å². The van der Waals surface area contributed by atoms with E-state index in [0.717, 1.165) is 11.6 Å². The van der Waals surface area contributed by atoms with E-state index in [1.165, 1.54) is 18.6 Å². The lowest BCUT2D eigenvalue weighted by atomic mass is 10.1. The highest BCUT2D eigenvalue weighted by Crippen LogP contribution is 2.32. The molecule has 2 amide bonds. The van der Waals surface area contributed by atoms with E-state index in [1.807, 2.05) is 0 Å². The van der Waals surface area contributed by atoms with Gasteiger partial charge in [-0.15, -0.1) is 0 Å². The lowest BCUT2D eigenvalue weighted by Gasteiger charge is -2.11. The van der Waals surface area contributed by atoms with Crippen LogP contribution in [-0.2, 0) is 6.18 Å². The van der Waals surface area contributed by atoms with Gasteiger partial charge in [-0.25, -0.2) is 24.1 Å². The Labute approximate surface area is 206 Å². The Morgan fingerprint density at radius 2 is 1.58 bits per heavy atom. The van der Waals surface area contributed by atoms with Crippen molar-refractivity contribution in [3.63, 3.8) is 0 Å². The number of hydrogen-bond acceptors (Lipinski definition) is 6. The molecule has 0 fully saturated rings. The molecule has 2 aromatic carbocycles. The zero-order chi connectivity index (χ0) is 25.9. The first-order chi connectivity index (χ1) is 17.1. The molecule has 4 N–H and O–H groups in total. The number of nitrogens with one attached hydrogen (secondary N) is 2. The molecule has 0 aliphatic carbocycles. The lowest BCUT2D eigenvalue weighted by molar-refractivity contribution is -0.139. The van der Waals surface area contributed by atoms with Gasteiger partial charge in [-0.05, 0) is 42.0 Å². The monoisotopic (exact) mass is 518 g/mol. The van der Waals surface area contributed by atoms with Crippen LogP contribution in [0.5, 0.6) is 11.8 Å². The first-order valence-electron chi connectivity index (χ1n) is 10.0. The van der Waals surface area contributed by atoms with Crippen molar-refractivity contribution >= 4 is 34.8 Å². The van der Waals surface area contributed by atoms with E-state index in [1.54, 1.807) is 30.3 Å². The predicted molar refractivity (Wildman–Crippen MR) is 125 cm³/mol. The highest BCUT2D eigenvalue weighted by atomic mass is 35.5. The number of nitrogen functional groups attached to an aromatic ring is 1. The van der Waals surface area contributed by atoms with Gasteiger partial charge in [-0.3, -0.25) is 0 Å². The number of hydrogen-bond donors (Lipinski definition) is 3. The van der Waals surface area contributed by atoms with Gasteiger partial charge in [0.1, 0.15) is 17.4 Å². The van der Waals surface area contributed by atoms with Crippen LogP contribution >= 0.6 is 11.6 Å². The Balaban J connectivity index is 1.35. The van der Waals surface area contributed by atoms with E-state index < -0.39 is 23.6 Å². The zero-order valence-corrected chi connectivity index (χ0v) is 18.7. The number of carbonyl (C=O) groups excluding carboxylic acids is 1. The molecule has 8 nitrogen and oxygen atoms in total. The first kappa shape index (κ1) is 24.7. The van der Waals surface area contributed by atoms with Crippen LogP contribution in [-0.4, -0.2) is 21.0 Å². The second-order valence-corrected chi connectivity index (χ2v) is 7.68. The van der Waals surface area contributed by atoms with Crippen LogP contribution in [0, 0.1) is 5.82 Å². The summed E-state index contributed by atoms with van der Waals surface area (Å²) in [4.78, 5) is 24.1. The van der Waals surface area contributed by atoms with Crippen molar-refractivity contribution in [1.82, 2.24) is 15.0 Å². The maximum Gasteiger partial charge on any atom is 0.419 e. The van der Waals surface area contributed by atoms with Crippen LogP contribution in [0.2, 0.25) is 5.02 Å². The van der Waals surface area contributed by atoms with Crippen LogP contribution in [0.15, 0.2) is 67.1 Å². The van der Waals surface area contributed by atoms with E-state index in [9.17, 15) is 22.4 Å². The number of nitrogens with zero attached hydrogens (tertiary/aromatic N) is 3. The smallest absolute Gasteiger partial charge is 0.419 e. The minimum atomic E-state index is -4.84. The van der Waals surface area contributed by atoms with Gasteiger partial charge in [0.05, 0.1) is 28.7 Å². The van der Waals surface area contributed by atoms with Crippen molar-refractivity contribution < 1.29 is 27.1 Å². The molecule has 0 atom stereocenters. The van der Waals surface area contributed by atoms with Crippen LogP contribution in [0.1, 0.15) is 5.56 Å². The minimum Gasteiger partial charge on any atom is -0.424 e. The number of benzene rings is 2. The summed E-state index contributed by atoms with van der Waals surface area (Å²) in [6.07, 6.45) is -0.883. The Morgan fingerprint density at radius 3 is 2.22 bits per heavy atom. The molecule has 0 saturated carbocycles. The summed E-state index contributed by atoms with van der Waals surface area (Å²) < 4.78 is 57.1. The Bertz CT molecular complexity index is 1400. The number of carbonyl (C=O) groups is 1. The van der Waals surface area contributed by atoms with Crippen molar-refractivity contribution in [3.05, 3.63) is 83.5 Å². The number of aromatic nitrogens is 3. The number of ether oxygens (including phenoxy) is 1. The molecule has 184 valence electrons. The fourth-order valence-corrected chi connectivity index (χ4v) is 3.20. The second kappa shape index (κ2) is 10.0. The number of rotatable bonds is 5. The van der Waals surface area contributed by atoms with Gasteiger partial charge in [0, 0.05) is 17.4 Å². The number of pyridine rings is 1. The van der Waals surface area contributed by atoms with Crippen LogP contribution < -0.4 is 21.1 Å². The highest BCUT2D eigenvalue weighted by Gasteiger charge is 2.34. The third-order valence-corrected chi connectivity index (χ3v) is 4.88. The maximum atomic E-state index is 13.6. The van der Waals surface area contributed by atoms with Crippen molar-refractivity contribution in [1.29, 1.82) is 0 Å². The molecule has 36 heavy (non-hydrogen) atoms. The average molecular weight is 519 g/mol. The van der Waals surface area contributed by atoms with Crippen LogP contribution in [0.4, 0.5) is 39.5 Å². The summed E-state index contributed by atoms with van der Waals surface area (Å²) in [5.41, 5.74) is 5.88. The minimum absolute atomic E-state index is 0.0116. The standard InChI is InChI=1S/C23H15ClF4N6O2/c24-13-7-17(20(29)30-9-13)12-1-4-16(5-2-12)36-22-31-10-15(11-32-22)34-21(35)33-14-3-6-18(19(25)8-14)23(26,27)28/h1-11H,(H2,29,30)(H2,33,34,35). The van der Waals surface area contributed by atoms with Gasteiger partial charge in [0.15, 0.2) is 0 Å². The molecule has 4 aromatic rings. The van der Waals surface area contributed by atoms with Gasteiger partial charge in [-0.1, -0.05) is 23.7 Å². The normalized spacial score (nSPS) is 11.1. The number of halogens is 5. The molecule has 0 unspecified atom stereocenters. The number of urea groups is 1. The number of anilines is 3. The van der Waals surface area contributed by atoms with Gasteiger partial charge in [-0.2, -0.15) is 13.2 Å². The molecule has 0 radical (unpaired) electrons. The van der Waals surface area contributed by atoms with Crippen LogP contribution in [0.3, 0.4) is 0 Å². The molecule has 0 bridgehead atoms. The number of alkyl halides is 3. The molecule has 0 saturated heterocycles. The molecular formula is C23H15ClF4N6O2. The Morgan fingerprint density at radius 1 is 0.917 bits per heavy atom. The van der Waals surface area contributed by atoms with E-state index in [2.05, 4.69) is 25.6 Å². The highest BCUT2D eigenvalue weighted by molar-refractivity contribution is 6.30. The van der Waals surface area contributed by atoms with E-state index in [0.29, 0.717) is 34.3 Å². The molecule has 2 heterocycles. The summed E-state index contributed by atoms with van der Waals surface area (Å²) in [6.45, 7) is 0. The molecule has 13 heteroatoms.